The van der Waals surface area contributed by atoms with E-state index in [1.54, 1.807) is 6.92 Å². The normalized spacial score (nSPS) is 12.9. The first-order chi connectivity index (χ1) is 9.87. The van der Waals surface area contributed by atoms with Crippen molar-refractivity contribution in [2.24, 2.45) is 0 Å². The Balaban J connectivity index is 3.28. The predicted octanol–water partition coefficient (Wildman–Crippen LogP) is 1.34. The highest BCUT2D eigenvalue weighted by atomic mass is 32.2. The van der Waals surface area contributed by atoms with Crippen molar-refractivity contribution in [2.75, 3.05) is 26.1 Å². The average Bonchev–Trinajstić information content (AvgIpc) is 2.45. The first-order valence-electron chi connectivity index (χ1n) is 6.33. The highest BCUT2D eigenvalue weighted by Crippen LogP contribution is 2.31. The summed E-state index contributed by atoms with van der Waals surface area (Å²) >= 11 is 0. The summed E-state index contributed by atoms with van der Waals surface area (Å²) in [5, 5.41) is 13.8. The number of nitro groups is 1. The van der Waals surface area contributed by atoms with Gasteiger partial charge in [-0.3, -0.25) is 10.1 Å². The monoisotopic (exact) mass is 317 g/mol. The molecular weight excluding hydrogens is 298 g/mol. The van der Waals surface area contributed by atoms with Crippen LogP contribution in [0, 0.1) is 10.1 Å². The number of anilines is 1. The van der Waals surface area contributed by atoms with Gasteiger partial charge in [0.15, 0.2) is 4.90 Å². The van der Waals surface area contributed by atoms with E-state index in [4.69, 9.17) is 4.74 Å². The molecule has 1 aromatic carbocycles. The minimum atomic E-state index is -4.01. The molecule has 1 rings (SSSR count). The number of rotatable bonds is 8. The van der Waals surface area contributed by atoms with Gasteiger partial charge in [-0.05, 0) is 18.6 Å². The third kappa shape index (κ3) is 4.13. The van der Waals surface area contributed by atoms with E-state index in [0.29, 0.717) is 6.42 Å². The van der Waals surface area contributed by atoms with Crippen LogP contribution in [0.15, 0.2) is 23.1 Å². The Morgan fingerprint density at radius 2 is 2.10 bits per heavy atom. The van der Waals surface area contributed by atoms with E-state index in [1.807, 2.05) is 0 Å². The van der Waals surface area contributed by atoms with E-state index in [1.165, 1.54) is 32.4 Å². The van der Waals surface area contributed by atoms with Crippen molar-refractivity contribution in [3.63, 3.8) is 0 Å². The summed E-state index contributed by atoms with van der Waals surface area (Å²) in [7, 11) is -1.06. The van der Waals surface area contributed by atoms with E-state index in [-0.39, 0.29) is 17.2 Å². The van der Waals surface area contributed by atoms with Gasteiger partial charge in [-0.15, -0.1) is 0 Å². The molecule has 0 aliphatic rings. The van der Waals surface area contributed by atoms with Gasteiger partial charge in [0.1, 0.15) is 5.69 Å². The molecule has 0 fully saturated rings. The number of methoxy groups -OCH3 is 1. The van der Waals surface area contributed by atoms with Crippen LogP contribution >= 0.6 is 0 Å². The molecule has 0 saturated carbocycles. The van der Waals surface area contributed by atoms with Gasteiger partial charge in [0.2, 0.25) is 10.0 Å². The van der Waals surface area contributed by atoms with Gasteiger partial charge in [0, 0.05) is 20.2 Å². The summed E-state index contributed by atoms with van der Waals surface area (Å²) < 4.78 is 32.1. The second kappa shape index (κ2) is 7.34. The minimum absolute atomic E-state index is 0.141. The van der Waals surface area contributed by atoms with E-state index < -0.39 is 26.7 Å². The SMILES string of the molecule is CCC(COC)NS(=O)(=O)c1cccc(NC)c1[N+](=O)[O-]. The van der Waals surface area contributed by atoms with Gasteiger partial charge >= 0.3 is 5.69 Å². The van der Waals surface area contributed by atoms with Crippen molar-refractivity contribution in [1.29, 1.82) is 0 Å². The Bertz CT molecular complexity index is 603. The Morgan fingerprint density at radius 1 is 1.43 bits per heavy atom. The molecule has 0 saturated heterocycles. The molecule has 0 spiro atoms. The average molecular weight is 317 g/mol. The smallest absolute Gasteiger partial charge is 0.312 e. The highest BCUT2D eigenvalue weighted by Gasteiger charge is 2.30. The third-order valence-corrected chi connectivity index (χ3v) is 4.47. The van der Waals surface area contributed by atoms with Crippen LogP contribution in [0.2, 0.25) is 0 Å². The number of ether oxygens (including phenoxy) is 1. The van der Waals surface area contributed by atoms with Gasteiger partial charge in [0.25, 0.3) is 0 Å². The second-order valence-electron chi connectivity index (χ2n) is 4.34. The fraction of sp³-hybridized carbons (Fsp3) is 0.500. The van der Waals surface area contributed by atoms with Crippen LogP contribution < -0.4 is 10.0 Å². The summed E-state index contributed by atoms with van der Waals surface area (Å²) in [5.74, 6) is 0. The van der Waals surface area contributed by atoms with E-state index in [2.05, 4.69) is 10.0 Å². The topological polar surface area (TPSA) is 111 Å². The Labute approximate surface area is 123 Å². The van der Waals surface area contributed by atoms with Crippen LogP contribution in [0.25, 0.3) is 0 Å². The molecule has 1 unspecified atom stereocenters. The molecule has 9 heteroatoms. The molecule has 21 heavy (non-hydrogen) atoms. The number of nitrogens with one attached hydrogen (secondary N) is 2. The molecule has 2 N–H and O–H groups in total. The molecule has 0 radical (unpaired) electrons. The Morgan fingerprint density at radius 3 is 2.57 bits per heavy atom. The van der Waals surface area contributed by atoms with Crippen molar-refractivity contribution < 1.29 is 18.1 Å². The number of hydrogen-bond acceptors (Lipinski definition) is 6. The summed E-state index contributed by atoms with van der Waals surface area (Å²) in [6.45, 7) is 1.99. The largest absolute Gasteiger partial charge is 0.383 e. The van der Waals surface area contributed by atoms with Crippen molar-refractivity contribution in [3.05, 3.63) is 28.3 Å². The predicted molar refractivity (Wildman–Crippen MR) is 78.9 cm³/mol. The molecule has 0 bridgehead atoms. The number of sulfonamides is 1. The first kappa shape index (κ1) is 17.3. The quantitative estimate of drug-likeness (QED) is 0.553. The zero-order valence-electron chi connectivity index (χ0n) is 12.1. The summed E-state index contributed by atoms with van der Waals surface area (Å²) in [4.78, 5) is 10.1. The van der Waals surface area contributed by atoms with Crippen LogP contribution in [0.1, 0.15) is 13.3 Å². The summed E-state index contributed by atoms with van der Waals surface area (Å²) in [6.07, 6.45) is 0.507. The van der Waals surface area contributed by atoms with Crippen LogP contribution in [0.5, 0.6) is 0 Å². The summed E-state index contributed by atoms with van der Waals surface area (Å²) in [6, 6.07) is 3.66. The zero-order valence-corrected chi connectivity index (χ0v) is 12.9. The molecule has 0 aliphatic carbocycles. The van der Waals surface area contributed by atoms with Crippen LogP contribution in [0.4, 0.5) is 11.4 Å². The van der Waals surface area contributed by atoms with E-state index in [0.717, 1.165) is 0 Å². The van der Waals surface area contributed by atoms with Crippen LogP contribution in [-0.2, 0) is 14.8 Å². The molecule has 0 amide bonds. The number of nitro benzene ring substituents is 1. The number of para-hydroxylation sites is 1. The zero-order chi connectivity index (χ0) is 16.0. The van der Waals surface area contributed by atoms with E-state index >= 15 is 0 Å². The number of nitrogens with zero attached hydrogens (tertiary/aromatic N) is 1. The van der Waals surface area contributed by atoms with Gasteiger partial charge in [0.05, 0.1) is 11.5 Å². The Kier molecular flexibility index (Phi) is 6.06. The molecule has 1 atom stereocenters. The van der Waals surface area contributed by atoms with Crippen LogP contribution in [0.3, 0.4) is 0 Å². The lowest BCUT2D eigenvalue weighted by Gasteiger charge is -2.16. The fourth-order valence-electron chi connectivity index (χ4n) is 1.85. The molecule has 0 aliphatic heterocycles. The van der Waals surface area contributed by atoms with Crippen molar-refractivity contribution >= 4 is 21.4 Å². The Hall–Kier alpha value is -1.71. The molecule has 0 aromatic heterocycles. The fourth-order valence-corrected chi connectivity index (χ4v) is 3.35. The first-order valence-corrected chi connectivity index (χ1v) is 7.82. The van der Waals surface area contributed by atoms with Crippen LogP contribution in [-0.4, -0.2) is 40.1 Å². The maximum atomic E-state index is 12.4. The third-order valence-electron chi connectivity index (χ3n) is 2.92. The molecular formula is C12H19N3O5S. The van der Waals surface area contributed by atoms with Crippen molar-refractivity contribution in [1.82, 2.24) is 4.72 Å². The lowest BCUT2D eigenvalue weighted by molar-refractivity contribution is -0.386. The minimum Gasteiger partial charge on any atom is -0.383 e. The van der Waals surface area contributed by atoms with E-state index in [9.17, 15) is 18.5 Å². The van der Waals surface area contributed by atoms with Crippen molar-refractivity contribution in [2.45, 2.75) is 24.3 Å². The van der Waals surface area contributed by atoms with Crippen molar-refractivity contribution in [3.8, 4) is 0 Å². The lowest BCUT2D eigenvalue weighted by Crippen LogP contribution is -2.37. The highest BCUT2D eigenvalue weighted by molar-refractivity contribution is 7.89. The molecule has 8 nitrogen and oxygen atoms in total. The number of hydrogen-bond donors (Lipinski definition) is 2. The molecule has 0 heterocycles. The number of benzene rings is 1. The van der Waals surface area contributed by atoms with Gasteiger partial charge in [-0.25, -0.2) is 13.1 Å². The molecule has 118 valence electrons. The second-order valence-corrected chi connectivity index (χ2v) is 6.02. The van der Waals surface area contributed by atoms with Gasteiger partial charge in [-0.2, -0.15) is 0 Å². The standard InChI is InChI=1S/C12H19N3O5S/c1-4-9(8-20-3)14-21(18,19)11-7-5-6-10(13-2)12(11)15(16)17/h5-7,9,13-14H,4,8H2,1-3H3. The van der Waals surface area contributed by atoms with Gasteiger partial charge < -0.3 is 10.1 Å². The molecule has 1 aromatic rings. The lowest BCUT2D eigenvalue weighted by atomic mass is 10.2. The van der Waals surface area contributed by atoms with Gasteiger partial charge in [-0.1, -0.05) is 13.0 Å². The maximum absolute atomic E-state index is 12.4. The maximum Gasteiger partial charge on any atom is 0.312 e. The summed E-state index contributed by atoms with van der Waals surface area (Å²) in [5.41, 5.74) is -0.331.